The Labute approximate surface area is 95.4 Å². The van der Waals surface area contributed by atoms with Crippen LogP contribution in [0.15, 0.2) is 0 Å². The van der Waals surface area contributed by atoms with Crippen LogP contribution in [0.5, 0.6) is 0 Å². The molecule has 1 unspecified atom stereocenters. The highest BCUT2D eigenvalue weighted by Gasteiger charge is 2.33. The number of anilines is 2. The molecule has 1 aliphatic rings. The Morgan fingerprint density at radius 1 is 1.38 bits per heavy atom. The van der Waals surface area contributed by atoms with Crippen molar-refractivity contribution in [3.8, 4) is 0 Å². The first kappa shape index (κ1) is 11.0. The molecule has 16 heavy (non-hydrogen) atoms. The fourth-order valence-electron chi connectivity index (χ4n) is 2.34. The normalized spacial score (nSPS) is 19.6. The van der Waals surface area contributed by atoms with Crippen molar-refractivity contribution in [2.24, 2.45) is 7.05 Å². The zero-order valence-corrected chi connectivity index (χ0v) is 10.2. The number of nitrogens with one attached hydrogen (secondary N) is 1. The first-order valence-corrected chi connectivity index (χ1v) is 5.69. The van der Waals surface area contributed by atoms with Gasteiger partial charge in [-0.15, -0.1) is 0 Å². The third-order valence-electron chi connectivity index (χ3n) is 3.16. The summed E-state index contributed by atoms with van der Waals surface area (Å²) in [6.45, 7) is 4.06. The van der Waals surface area contributed by atoms with Crippen LogP contribution >= 0.6 is 0 Å². The van der Waals surface area contributed by atoms with Crippen LogP contribution in [-0.4, -0.2) is 28.8 Å². The third kappa shape index (κ3) is 1.38. The maximum Gasteiger partial charge on any atom is 0.247 e. The molecule has 0 aliphatic carbocycles. The molecule has 2 heterocycles. The number of hydrogen-bond donors (Lipinski definition) is 1. The van der Waals surface area contributed by atoms with E-state index in [-0.39, 0.29) is 11.9 Å². The molecule has 0 aromatic carbocycles. The number of rotatable bonds is 2. The van der Waals surface area contributed by atoms with Gasteiger partial charge in [-0.1, -0.05) is 13.8 Å². The fourth-order valence-corrected chi connectivity index (χ4v) is 2.34. The van der Waals surface area contributed by atoms with Crippen LogP contribution in [0.4, 0.5) is 11.5 Å². The molecular formula is C11H18N4O. The number of carbonyl (C=O) groups is 1. The summed E-state index contributed by atoms with van der Waals surface area (Å²) in [5.74, 6) is 1.07. The molecule has 1 aromatic rings. The quantitative estimate of drug-likeness (QED) is 0.816. The highest BCUT2D eigenvalue weighted by molar-refractivity contribution is 6.03. The molecule has 0 saturated carbocycles. The van der Waals surface area contributed by atoms with Gasteiger partial charge in [-0.2, -0.15) is 5.10 Å². The van der Waals surface area contributed by atoms with Crippen molar-refractivity contribution in [2.45, 2.75) is 32.7 Å². The molecule has 0 saturated heterocycles. The molecule has 88 valence electrons. The lowest BCUT2D eigenvalue weighted by Gasteiger charge is -2.33. The van der Waals surface area contributed by atoms with Crippen LogP contribution in [0.2, 0.25) is 0 Å². The lowest BCUT2D eigenvalue weighted by Crippen LogP contribution is -2.46. The first-order chi connectivity index (χ1) is 7.60. The highest BCUT2D eigenvalue weighted by Crippen LogP contribution is 2.34. The lowest BCUT2D eigenvalue weighted by atomic mass is 10.1. The highest BCUT2D eigenvalue weighted by atomic mass is 16.2. The maximum absolute atomic E-state index is 11.9. The topological polar surface area (TPSA) is 50.2 Å². The van der Waals surface area contributed by atoms with Gasteiger partial charge in [0.25, 0.3) is 0 Å². The second-order valence-electron chi connectivity index (χ2n) is 4.15. The number of carbonyl (C=O) groups excluding carboxylic acids is 1. The standard InChI is InChI=1S/C11H18N4O/c1-5-7-9-11(15(4)13-7)14(3)8(6-2)10(16)12-9/h8H,5-6H2,1-4H3,(H,12,16). The average molecular weight is 222 g/mol. The molecule has 5 heteroatoms. The van der Waals surface area contributed by atoms with E-state index in [1.165, 1.54) is 0 Å². The Hall–Kier alpha value is -1.52. The van der Waals surface area contributed by atoms with E-state index in [0.29, 0.717) is 0 Å². The van der Waals surface area contributed by atoms with E-state index in [1.807, 2.05) is 37.5 Å². The van der Waals surface area contributed by atoms with E-state index < -0.39 is 0 Å². The zero-order valence-electron chi connectivity index (χ0n) is 10.2. The van der Waals surface area contributed by atoms with E-state index in [0.717, 1.165) is 30.0 Å². The van der Waals surface area contributed by atoms with E-state index in [1.54, 1.807) is 0 Å². The molecular weight excluding hydrogens is 204 g/mol. The fraction of sp³-hybridized carbons (Fsp3) is 0.636. The molecule has 1 aliphatic heterocycles. The molecule has 0 bridgehead atoms. The van der Waals surface area contributed by atoms with Gasteiger partial charge < -0.3 is 10.2 Å². The Kier molecular flexibility index (Phi) is 2.61. The number of likely N-dealkylation sites (N-methyl/N-ethyl adjacent to an activating group) is 1. The summed E-state index contributed by atoms with van der Waals surface area (Å²) in [4.78, 5) is 13.9. The second-order valence-corrected chi connectivity index (χ2v) is 4.15. The lowest BCUT2D eigenvalue weighted by molar-refractivity contribution is -0.117. The molecule has 2 rings (SSSR count). The molecule has 1 amide bonds. The van der Waals surface area contributed by atoms with E-state index in [2.05, 4.69) is 10.4 Å². The number of hydrogen-bond acceptors (Lipinski definition) is 3. The van der Waals surface area contributed by atoms with Gasteiger partial charge in [-0.3, -0.25) is 9.48 Å². The Bertz CT molecular complexity index is 424. The molecule has 1 atom stereocenters. The summed E-state index contributed by atoms with van der Waals surface area (Å²) in [6, 6.07) is -0.0902. The van der Waals surface area contributed by atoms with Crippen molar-refractivity contribution >= 4 is 17.4 Å². The third-order valence-corrected chi connectivity index (χ3v) is 3.16. The van der Waals surface area contributed by atoms with Crippen molar-refractivity contribution in [3.63, 3.8) is 0 Å². The minimum atomic E-state index is -0.0902. The minimum absolute atomic E-state index is 0.0696. The molecule has 5 nitrogen and oxygen atoms in total. The van der Waals surface area contributed by atoms with Gasteiger partial charge >= 0.3 is 0 Å². The van der Waals surface area contributed by atoms with Gasteiger partial charge in [0.1, 0.15) is 11.7 Å². The van der Waals surface area contributed by atoms with Gasteiger partial charge in [-0.25, -0.2) is 0 Å². The molecule has 0 spiro atoms. The Morgan fingerprint density at radius 3 is 2.62 bits per heavy atom. The van der Waals surface area contributed by atoms with Crippen molar-refractivity contribution in [1.29, 1.82) is 0 Å². The summed E-state index contributed by atoms with van der Waals surface area (Å²) in [5.41, 5.74) is 1.83. The van der Waals surface area contributed by atoms with Crippen LogP contribution in [0.25, 0.3) is 0 Å². The molecule has 0 radical (unpaired) electrons. The number of nitrogens with zero attached hydrogens (tertiary/aromatic N) is 3. The monoisotopic (exact) mass is 222 g/mol. The van der Waals surface area contributed by atoms with Crippen LogP contribution in [0.3, 0.4) is 0 Å². The van der Waals surface area contributed by atoms with Crippen molar-refractivity contribution in [2.75, 3.05) is 17.3 Å². The molecule has 0 fully saturated rings. The molecule has 1 N–H and O–H groups in total. The SMILES string of the molecule is CCc1nn(C)c2c1NC(=O)C(CC)N2C. The Balaban J connectivity index is 2.51. The summed E-state index contributed by atoms with van der Waals surface area (Å²) in [5, 5.41) is 7.39. The van der Waals surface area contributed by atoms with E-state index >= 15 is 0 Å². The number of fused-ring (bicyclic) bond motifs is 1. The van der Waals surface area contributed by atoms with E-state index in [4.69, 9.17) is 0 Å². The van der Waals surface area contributed by atoms with Gasteiger partial charge in [-0.05, 0) is 12.8 Å². The van der Waals surface area contributed by atoms with Gasteiger partial charge in [0.05, 0.1) is 5.69 Å². The average Bonchev–Trinajstić information content (AvgIpc) is 2.55. The summed E-state index contributed by atoms with van der Waals surface area (Å²) < 4.78 is 1.84. The van der Waals surface area contributed by atoms with Crippen LogP contribution in [0.1, 0.15) is 26.0 Å². The molecule has 1 aromatic heterocycles. The van der Waals surface area contributed by atoms with Gasteiger partial charge in [0.2, 0.25) is 5.91 Å². The van der Waals surface area contributed by atoms with E-state index in [9.17, 15) is 4.79 Å². The summed E-state index contributed by atoms with van der Waals surface area (Å²) >= 11 is 0. The second kappa shape index (κ2) is 3.81. The van der Waals surface area contributed by atoms with Crippen LogP contribution < -0.4 is 10.2 Å². The van der Waals surface area contributed by atoms with Crippen LogP contribution in [-0.2, 0) is 18.3 Å². The zero-order chi connectivity index (χ0) is 11.9. The van der Waals surface area contributed by atoms with Crippen molar-refractivity contribution in [1.82, 2.24) is 9.78 Å². The summed E-state index contributed by atoms with van der Waals surface area (Å²) in [7, 11) is 3.87. The number of amides is 1. The minimum Gasteiger partial charge on any atom is -0.346 e. The van der Waals surface area contributed by atoms with Crippen molar-refractivity contribution in [3.05, 3.63) is 5.69 Å². The number of aryl methyl sites for hydroxylation is 2. The van der Waals surface area contributed by atoms with Crippen molar-refractivity contribution < 1.29 is 4.79 Å². The number of aromatic nitrogens is 2. The smallest absolute Gasteiger partial charge is 0.247 e. The predicted molar refractivity (Wildman–Crippen MR) is 63.7 cm³/mol. The maximum atomic E-state index is 11.9. The van der Waals surface area contributed by atoms with Crippen LogP contribution in [0, 0.1) is 0 Å². The first-order valence-electron chi connectivity index (χ1n) is 5.69. The summed E-state index contributed by atoms with van der Waals surface area (Å²) in [6.07, 6.45) is 1.63. The predicted octanol–water partition coefficient (Wildman–Crippen LogP) is 1.15. The largest absolute Gasteiger partial charge is 0.346 e. The van der Waals surface area contributed by atoms with Gasteiger partial charge in [0, 0.05) is 14.1 Å². The van der Waals surface area contributed by atoms with Gasteiger partial charge in [0.15, 0.2) is 5.82 Å². The Morgan fingerprint density at radius 2 is 2.06 bits per heavy atom.